The molecular formula is C19H23N3O3S2. The largest absolute Gasteiger partial charge is 0.380 e. The number of hydrogen-bond acceptors (Lipinski definition) is 6. The average molecular weight is 406 g/mol. The van der Waals surface area contributed by atoms with Crippen molar-refractivity contribution in [1.29, 1.82) is 0 Å². The molecule has 0 radical (unpaired) electrons. The molecule has 144 valence electrons. The van der Waals surface area contributed by atoms with Crippen molar-refractivity contribution in [2.24, 2.45) is 0 Å². The average Bonchev–Trinajstić information content (AvgIpc) is 3.01. The summed E-state index contributed by atoms with van der Waals surface area (Å²) in [5.74, 6) is -0.650. The number of rotatable bonds is 6. The second-order valence-corrected chi connectivity index (χ2v) is 7.38. The maximum Gasteiger partial charge on any atom is 0.268 e. The molecule has 2 aliphatic rings. The first-order valence-corrected chi connectivity index (χ1v) is 10.3. The molecule has 0 N–H and O–H groups in total. The number of ether oxygens (including phenoxy) is 1. The van der Waals surface area contributed by atoms with E-state index in [1.54, 1.807) is 0 Å². The predicted octanol–water partition coefficient (Wildman–Crippen LogP) is 2.84. The van der Waals surface area contributed by atoms with Crippen molar-refractivity contribution in [2.75, 3.05) is 37.7 Å². The van der Waals surface area contributed by atoms with Gasteiger partial charge in [-0.1, -0.05) is 23.9 Å². The normalized spacial score (nSPS) is 17.3. The number of nitrogens with zero attached hydrogens (tertiary/aromatic N) is 3. The lowest BCUT2D eigenvalue weighted by Crippen LogP contribution is -2.56. The lowest BCUT2D eigenvalue weighted by Gasteiger charge is -2.36. The van der Waals surface area contributed by atoms with Crippen LogP contribution in [0.3, 0.4) is 0 Å². The number of carbonyl (C=O) groups excluding carboxylic acids is 2. The highest BCUT2D eigenvalue weighted by molar-refractivity contribution is 8.03. The summed E-state index contributed by atoms with van der Waals surface area (Å²) in [6.45, 7) is 8.22. The van der Waals surface area contributed by atoms with Crippen LogP contribution in [0.4, 0.5) is 5.69 Å². The lowest BCUT2D eigenvalue weighted by molar-refractivity contribution is -0.133. The number of hydrogen-bond donors (Lipinski definition) is 0. The van der Waals surface area contributed by atoms with Gasteiger partial charge in [0.1, 0.15) is 5.57 Å². The van der Waals surface area contributed by atoms with Crippen LogP contribution < -0.4 is 4.90 Å². The Bertz CT molecular complexity index is 781. The smallest absolute Gasteiger partial charge is 0.268 e. The van der Waals surface area contributed by atoms with Crippen LogP contribution in [0.2, 0.25) is 0 Å². The van der Waals surface area contributed by atoms with E-state index in [-0.39, 0.29) is 22.5 Å². The highest BCUT2D eigenvalue weighted by atomic mass is 32.2. The maximum atomic E-state index is 13.1. The highest BCUT2D eigenvalue weighted by Gasteiger charge is 2.43. The van der Waals surface area contributed by atoms with E-state index in [0.29, 0.717) is 37.9 Å². The van der Waals surface area contributed by atoms with Crippen molar-refractivity contribution in [2.45, 2.75) is 25.7 Å². The molecule has 2 aliphatic heterocycles. The molecule has 0 spiro atoms. The first kappa shape index (κ1) is 19.9. The molecule has 1 aromatic carbocycles. The van der Waals surface area contributed by atoms with Crippen LogP contribution in [-0.2, 0) is 14.3 Å². The van der Waals surface area contributed by atoms with E-state index < -0.39 is 0 Å². The first-order chi connectivity index (χ1) is 13.0. The van der Waals surface area contributed by atoms with E-state index in [1.807, 2.05) is 49.9 Å². The van der Waals surface area contributed by atoms with Gasteiger partial charge in [-0.3, -0.25) is 19.4 Å². The molecule has 3 rings (SSSR count). The fraction of sp³-hybridized carbons (Fsp3) is 0.421. The number of benzene rings is 1. The van der Waals surface area contributed by atoms with Crippen LogP contribution in [0.1, 0.15) is 20.8 Å². The minimum atomic E-state index is -0.325. The van der Waals surface area contributed by atoms with Crippen molar-refractivity contribution < 1.29 is 14.3 Å². The minimum absolute atomic E-state index is 0.185. The number of anilines is 1. The van der Waals surface area contributed by atoms with E-state index in [2.05, 4.69) is 0 Å². The Morgan fingerprint density at radius 1 is 1.00 bits per heavy atom. The van der Waals surface area contributed by atoms with Crippen LogP contribution >= 0.6 is 24.0 Å². The number of thioether (sulfide) groups is 1. The van der Waals surface area contributed by atoms with Gasteiger partial charge in [0, 0.05) is 31.1 Å². The fourth-order valence-electron chi connectivity index (χ4n) is 3.16. The fourth-order valence-corrected chi connectivity index (χ4v) is 4.80. The number of fused-ring (bicyclic) bond motifs is 1. The topological polar surface area (TPSA) is 53.1 Å². The number of para-hydroxylation sites is 1. The molecule has 0 atom stereocenters. The zero-order chi connectivity index (χ0) is 19.6. The van der Waals surface area contributed by atoms with Gasteiger partial charge in [-0.15, -0.1) is 0 Å². The van der Waals surface area contributed by atoms with Gasteiger partial charge in [0.05, 0.1) is 17.3 Å². The molecule has 0 aliphatic carbocycles. The number of amides is 2. The summed E-state index contributed by atoms with van der Waals surface area (Å²) in [7, 11) is 0. The zero-order valence-corrected chi connectivity index (χ0v) is 17.4. The molecule has 0 aromatic heterocycles. The Kier molecular flexibility index (Phi) is 6.18. The predicted molar refractivity (Wildman–Crippen MR) is 111 cm³/mol. The summed E-state index contributed by atoms with van der Waals surface area (Å²) in [6.07, 6.45) is 0. The summed E-state index contributed by atoms with van der Waals surface area (Å²) in [5.41, 5.74) is 1.18. The van der Waals surface area contributed by atoms with Gasteiger partial charge in [0.15, 0.2) is 5.11 Å². The number of thiocarbonyl (C=S) groups is 1. The second-order valence-electron chi connectivity index (χ2n) is 5.98. The molecule has 0 saturated carbocycles. The third-order valence-corrected chi connectivity index (χ3v) is 6.12. The molecule has 27 heavy (non-hydrogen) atoms. The first-order valence-electron chi connectivity index (χ1n) is 9.09. The van der Waals surface area contributed by atoms with Crippen molar-refractivity contribution in [3.63, 3.8) is 0 Å². The molecule has 1 aromatic rings. The van der Waals surface area contributed by atoms with Gasteiger partial charge in [0.2, 0.25) is 0 Å². The summed E-state index contributed by atoms with van der Waals surface area (Å²) in [4.78, 5) is 32.2. The zero-order valence-electron chi connectivity index (χ0n) is 15.7. The third kappa shape index (κ3) is 3.49. The van der Waals surface area contributed by atoms with Crippen LogP contribution in [0.25, 0.3) is 0 Å². The van der Waals surface area contributed by atoms with E-state index in [1.165, 1.54) is 21.6 Å². The summed E-state index contributed by atoms with van der Waals surface area (Å²) in [5, 5.41) is 0.936. The van der Waals surface area contributed by atoms with Crippen molar-refractivity contribution in [3.8, 4) is 0 Å². The van der Waals surface area contributed by atoms with Crippen LogP contribution in [0.15, 0.2) is 39.8 Å². The molecule has 1 fully saturated rings. The summed E-state index contributed by atoms with van der Waals surface area (Å²) < 4.78 is 5.52. The summed E-state index contributed by atoms with van der Waals surface area (Å²) >= 11 is 6.81. The van der Waals surface area contributed by atoms with Gasteiger partial charge in [0.25, 0.3) is 11.8 Å². The monoisotopic (exact) mass is 405 g/mol. The summed E-state index contributed by atoms with van der Waals surface area (Å²) in [6, 6.07) is 7.91. The van der Waals surface area contributed by atoms with E-state index in [9.17, 15) is 9.59 Å². The van der Waals surface area contributed by atoms with Gasteiger partial charge in [-0.25, -0.2) is 0 Å². The SMILES string of the molecule is CCOCCN1C(=C2C(=O)N(CC)C(=S)N(CC)C2=O)Sc2ccccc21. The molecule has 0 bridgehead atoms. The number of carbonyl (C=O) groups is 2. The van der Waals surface area contributed by atoms with Gasteiger partial charge < -0.3 is 9.64 Å². The highest BCUT2D eigenvalue weighted by Crippen LogP contribution is 2.47. The van der Waals surface area contributed by atoms with Crippen molar-refractivity contribution in [1.82, 2.24) is 9.80 Å². The molecule has 1 saturated heterocycles. The maximum absolute atomic E-state index is 13.1. The van der Waals surface area contributed by atoms with Crippen LogP contribution in [-0.4, -0.2) is 59.6 Å². The standard InChI is InChI=1S/C19H23N3O3S2/c1-4-20-16(23)15(17(24)21(5-2)19(20)26)18-22(11-12-25-6-3)13-9-7-8-10-14(13)27-18/h7-10H,4-6,11-12H2,1-3H3. The van der Waals surface area contributed by atoms with E-state index in [4.69, 9.17) is 17.0 Å². The Morgan fingerprint density at radius 2 is 1.63 bits per heavy atom. The Morgan fingerprint density at radius 3 is 2.22 bits per heavy atom. The van der Waals surface area contributed by atoms with Crippen LogP contribution in [0, 0.1) is 0 Å². The van der Waals surface area contributed by atoms with Gasteiger partial charge >= 0.3 is 0 Å². The molecule has 6 nitrogen and oxygen atoms in total. The molecule has 2 amide bonds. The Balaban J connectivity index is 2.08. The van der Waals surface area contributed by atoms with E-state index >= 15 is 0 Å². The van der Waals surface area contributed by atoms with Crippen LogP contribution in [0.5, 0.6) is 0 Å². The quantitative estimate of drug-likeness (QED) is 0.314. The van der Waals surface area contributed by atoms with Gasteiger partial charge in [-0.2, -0.15) is 0 Å². The molecule has 8 heteroatoms. The molecule has 2 heterocycles. The second kappa shape index (κ2) is 8.41. The minimum Gasteiger partial charge on any atom is -0.380 e. The molecule has 0 unspecified atom stereocenters. The van der Waals surface area contributed by atoms with Crippen molar-refractivity contribution >= 4 is 46.6 Å². The van der Waals surface area contributed by atoms with E-state index in [0.717, 1.165) is 10.6 Å². The number of likely N-dealkylation sites (N-methyl/N-ethyl adjacent to an activating group) is 2. The Labute approximate surface area is 169 Å². The molecular weight excluding hydrogens is 382 g/mol. The van der Waals surface area contributed by atoms with Crippen molar-refractivity contribution in [3.05, 3.63) is 34.9 Å². The van der Waals surface area contributed by atoms with Gasteiger partial charge in [-0.05, 0) is 45.1 Å². The Hall–Kier alpha value is -1.90. The lowest BCUT2D eigenvalue weighted by atomic mass is 10.1. The third-order valence-electron chi connectivity index (χ3n) is 4.50.